The van der Waals surface area contributed by atoms with E-state index in [1.54, 1.807) is 49.5 Å². The molecule has 184 valence electrons. The van der Waals surface area contributed by atoms with Crippen LogP contribution in [0.1, 0.15) is 24.8 Å². The highest BCUT2D eigenvalue weighted by Crippen LogP contribution is 2.59. The first kappa shape index (κ1) is 23.3. The third-order valence-corrected chi connectivity index (χ3v) is 6.30. The minimum Gasteiger partial charge on any atom is -0.490 e. The van der Waals surface area contributed by atoms with Gasteiger partial charge >= 0.3 is 0 Å². The van der Waals surface area contributed by atoms with Crippen molar-refractivity contribution in [2.45, 2.75) is 25.4 Å². The Bertz CT molecular complexity index is 1420. The number of carbonyl (C=O) groups is 2. The van der Waals surface area contributed by atoms with Gasteiger partial charge in [-0.1, -0.05) is 12.1 Å². The summed E-state index contributed by atoms with van der Waals surface area (Å²) in [5.41, 5.74) is 11.5. The summed E-state index contributed by atoms with van der Waals surface area (Å²) in [7, 11) is 0. The van der Waals surface area contributed by atoms with Crippen LogP contribution in [0.3, 0.4) is 0 Å². The molecule has 0 spiro atoms. The maximum Gasteiger partial charge on any atom is 0.233 e. The lowest BCUT2D eigenvalue weighted by molar-refractivity contribution is -0.133. The molecule has 0 saturated heterocycles. The number of aliphatic hydroxyl groups excluding tert-OH is 1. The van der Waals surface area contributed by atoms with E-state index in [4.69, 9.17) is 25.4 Å². The van der Waals surface area contributed by atoms with Gasteiger partial charge in [-0.15, -0.1) is 0 Å². The molecule has 1 aliphatic carbocycles. The second-order valence-electron chi connectivity index (χ2n) is 8.80. The largest absolute Gasteiger partial charge is 0.490 e. The molecule has 2 aromatic heterocycles. The standard InChI is InChI=1S/C26H24N4O6/c1-14(31)13-35-22-11-20-17(10-18(22)23-30-8-9-34-23)21(6-7-29-20)36-16-4-2-15(3-5-16)19-12-26(19,24(27)32)25(28)33/h2-11,14,19,31H,12-13H2,1H3,(H2,27,32)(H2,28,33). The molecule has 1 aliphatic rings. The Hall–Kier alpha value is -4.44. The molecule has 2 atom stereocenters. The molecule has 2 heterocycles. The number of ether oxygens (including phenoxy) is 2. The zero-order chi connectivity index (χ0) is 25.4. The molecule has 1 saturated carbocycles. The third kappa shape index (κ3) is 4.11. The summed E-state index contributed by atoms with van der Waals surface area (Å²) >= 11 is 0. The topological polar surface area (TPSA) is 164 Å². The molecular formula is C26H24N4O6. The summed E-state index contributed by atoms with van der Waals surface area (Å²) in [6.45, 7) is 1.72. The monoisotopic (exact) mass is 488 g/mol. The molecule has 0 aliphatic heterocycles. The number of rotatable bonds is 9. The summed E-state index contributed by atoms with van der Waals surface area (Å²) < 4.78 is 17.4. The minimum absolute atomic E-state index is 0.0928. The van der Waals surface area contributed by atoms with Crippen molar-refractivity contribution in [3.63, 3.8) is 0 Å². The van der Waals surface area contributed by atoms with Crippen molar-refractivity contribution in [3.05, 3.63) is 66.7 Å². The molecule has 2 unspecified atom stereocenters. The Balaban J connectivity index is 1.45. The minimum atomic E-state index is -1.33. The van der Waals surface area contributed by atoms with Crippen LogP contribution in [0.2, 0.25) is 0 Å². The van der Waals surface area contributed by atoms with Gasteiger partial charge in [0.2, 0.25) is 17.7 Å². The number of oxazole rings is 1. The van der Waals surface area contributed by atoms with Gasteiger partial charge in [0.05, 0.1) is 23.4 Å². The number of carbonyl (C=O) groups excluding carboxylic acids is 2. The molecule has 2 aromatic carbocycles. The van der Waals surface area contributed by atoms with Gasteiger partial charge in [0.25, 0.3) is 0 Å². The van der Waals surface area contributed by atoms with Crippen molar-refractivity contribution >= 4 is 22.7 Å². The van der Waals surface area contributed by atoms with Gasteiger partial charge in [-0.2, -0.15) is 0 Å². The summed E-state index contributed by atoms with van der Waals surface area (Å²) in [6, 6.07) is 12.4. The quantitative estimate of drug-likeness (QED) is 0.303. The fraction of sp³-hybridized carbons (Fsp3) is 0.231. The number of aliphatic hydroxyl groups is 1. The lowest BCUT2D eigenvalue weighted by Crippen LogP contribution is -2.38. The highest BCUT2D eigenvalue weighted by atomic mass is 16.5. The van der Waals surface area contributed by atoms with Gasteiger partial charge in [-0.25, -0.2) is 4.98 Å². The summed E-state index contributed by atoms with van der Waals surface area (Å²) in [5.74, 6) is 0.154. The van der Waals surface area contributed by atoms with Crippen molar-refractivity contribution in [1.82, 2.24) is 9.97 Å². The molecule has 2 amide bonds. The molecule has 5 N–H and O–H groups in total. The van der Waals surface area contributed by atoms with Crippen LogP contribution in [-0.2, 0) is 9.59 Å². The lowest BCUT2D eigenvalue weighted by Gasteiger charge is -2.14. The molecule has 5 rings (SSSR count). The number of nitrogens with zero attached hydrogens (tertiary/aromatic N) is 2. The maximum absolute atomic E-state index is 11.8. The number of hydrogen-bond donors (Lipinski definition) is 3. The van der Waals surface area contributed by atoms with E-state index >= 15 is 0 Å². The highest BCUT2D eigenvalue weighted by Gasteiger charge is 2.64. The number of fused-ring (bicyclic) bond motifs is 1. The molecule has 0 radical (unpaired) electrons. The van der Waals surface area contributed by atoms with Crippen LogP contribution in [0.15, 0.2) is 65.5 Å². The summed E-state index contributed by atoms with van der Waals surface area (Å²) in [6.07, 6.45) is 4.26. The van der Waals surface area contributed by atoms with E-state index in [2.05, 4.69) is 9.97 Å². The first-order valence-electron chi connectivity index (χ1n) is 11.3. The predicted octanol–water partition coefficient (Wildman–Crippen LogP) is 2.89. The van der Waals surface area contributed by atoms with Crippen LogP contribution in [0.4, 0.5) is 0 Å². The van der Waals surface area contributed by atoms with Gasteiger partial charge in [0, 0.05) is 23.6 Å². The Morgan fingerprint density at radius 1 is 1.11 bits per heavy atom. The zero-order valence-electron chi connectivity index (χ0n) is 19.4. The van der Waals surface area contributed by atoms with Crippen molar-refractivity contribution < 1.29 is 28.6 Å². The Kier molecular flexibility index (Phi) is 5.81. The average Bonchev–Trinajstić information content (AvgIpc) is 3.40. The van der Waals surface area contributed by atoms with Gasteiger partial charge in [-0.3, -0.25) is 14.6 Å². The lowest BCUT2D eigenvalue weighted by atomic mass is 9.97. The maximum atomic E-state index is 11.8. The zero-order valence-corrected chi connectivity index (χ0v) is 19.4. The summed E-state index contributed by atoms with van der Waals surface area (Å²) in [5, 5.41) is 10.3. The number of amides is 2. The van der Waals surface area contributed by atoms with E-state index in [9.17, 15) is 14.7 Å². The van der Waals surface area contributed by atoms with E-state index in [-0.39, 0.29) is 12.5 Å². The van der Waals surface area contributed by atoms with Gasteiger partial charge < -0.3 is 30.5 Å². The summed E-state index contributed by atoms with van der Waals surface area (Å²) in [4.78, 5) is 32.3. The molecular weight excluding hydrogens is 464 g/mol. The smallest absolute Gasteiger partial charge is 0.233 e. The van der Waals surface area contributed by atoms with E-state index in [0.29, 0.717) is 46.0 Å². The molecule has 10 nitrogen and oxygen atoms in total. The SMILES string of the molecule is CC(O)COc1cc2nccc(Oc3ccc(C4CC4(C(N)=O)C(N)=O)cc3)c2cc1-c1ncco1. The number of hydrogen-bond acceptors (Lipinski definition) is 8. The highest BCUT2D eigenvalue weighted by molar-refractivity contribution is 6.08. The van der Waals surface area contributed by atoms with E-state index in [1.165, 1.54) is 12.5 Å². The van der Waals surface area contributed by atoms with Crippen molar-refractivity contribution in [2.75, 3.05) is 6.61 Å². The van der Waals surface area contributed by atoms with Crippen LogP contribution in [0.25, 0.3) is 22.4 Å². The molecule has 36 heavy (non-hydrogen) atoms. The van der Waals surface area contributed by atoms with Crippen molar-refractivity contribution in [3.8, 4) is 28.7 Å². The fourth-order valence-corrected chi connectivity index (χ4v) is 4.32. The molecule has 1 fully saturated rings. The van der Waals surface area contributed by atoms with E-state index in [1.807, 2.05) is 6.07 Å². The number of benzene rings is 2. The van der Waals surface area contributed by atoms with Crippen LogP contribution in [0.5, 0.6) is 17.2 Å². The van der Waals surface area contributed by atoms with Crippen LogP contribution in [0, 0.1) is 5.41 Å². The molecule has 10 heteroatoms. The van der Waals surface area contributed by atoms with Crippen LogP contribution < -0.4 is 20.9 Å². The third-order valence-electron chi connectivity index (χ3n) is 6.30. The Morgan fingerprint density at radius 3 is 2.47 bits per heavy atom. The predicted molar refractivity (Wildman–Crippen MR) is 129 cm³/mol. The van der Waals surface area contributed by atoms with Gasteiger partial charge in [0.15, 0.2) is 0 Å². The van der Waals surface area contributed by atoms with Crippen molar-refractivity contribution in [1.29, 1.82) is 0 Å². The molecule has 4 aromatic rings. The second-order valence-corrected chi connectivity index (χ2v) is 8.80. The van der Waals surface area contributed by atoms with Crippen molar-refractivity contribution in [2.24, 2.45) is 16.9 Å². The Labute approximate surface area is 205 Å². The van der Waals surface area contributed by atoms with Gasteiger partial charge in [-0.05, 0) is 43.2 Å². The van der Waals surface area contributed by atoms with Crippen LogP contribution >= 0.6 is 0 Å². The fourth-order valence-electron chi connectivity index (χ4n) is 4.32. The van der Waals surface area contributed by atoms with Crippen LogP contribution in [-0.4, -0.2) is 39.6 Å². The Morgan fingerprint density at radius 2 is 1.86 bits per heavy atom. The number of primary amides is 2. The first-order chi connectivity index (χ1) is 17.3. The molecule has 0 bridgehead atoms. The van der Waals surface area contributed by atoms with E-state index in [0.717, 1.165) is 5.56 Å². The normalized spacial score (nSPS) is 16.9. The average molecular weight is 489 g/mol. The first-order valence-corrected chi connectivity index (χ1v) is 11.3. The van der Waals surface area contributed by atoms with E-state index < -0.39 is 23.3 Å². The number of pyridine rings is 1. The van der Waals surface area contributed by atoms with Gasteiger partial charge in [0.1, 0.15) is 35.5 Å². The number of nitrogens with two attached hydrogens (primary N) is 2. The second kappa shape index (κ2) is 8.97. The number of aromatic nitrogens is 2.